The van der Waals surface area contributed by atoms with Gasteiger partial charge in [-0.3, -0.25) is 9.59 Å². The van der Waals surface area contributed by atoms with Crippen molar-refractivity contribution in [1.29, 1.82) is 0 Å². The molecule has 0 saturated heterocycles. The molecule has 1 atom stereocenters. The first-order valence-electron chi connectivity index (χ1n) is 8.15. The van der Waals surface area contributed by atoms with Crippen LogP contribution in [0.4, 0.5) is 5.69 Å². The normalized spacial score (nSPS) is 11.8. The number of fused-ring (bicyclic) bond motifs is 1. The third kappa shape index (κ3) is 4.35. The van der Waals surface area contributed by atoms with Crippen LogP contribution in [-0.4, -0.2) is 18.0 Å². The highest BCUT2D eigenvalue weighted by atomic mass is 35.5. The van der Waals surface area contributed by atoms with Gasteiger partial charge in [0.05, 0.1) is 5.39 Å². The molecule has 0 spiro atoms. The second-order valence-corrected chi connectivity index (χ2v) is 6.46. The summed E-state index contributed by atoms with van der Waals surface area (Å²) in [6.07, 6.45) is -1.10. The van der Waals surface area contributed by atoms with Gasteiger partial charge in [0.1, 0.15) is 5.58 Å². The van der Waals surface area contributed by atoms with Crippen molar-refractivity contribution in [3.8, 4) is 0 Å². The van der Waals surface area contributed by atoms with Crippen LogP contribution in [0.3, 0.4) is 0 Å². The number of hydrogen-bond acceptors (Lipinski definition) is 5. The first kappa shape index (κ1) is 18.7. The predicted molar refractivity (Wildman–Crippen MR) is 102 cm³/mol. The van der Waals surface area contributed by atoms with Crippen molar-refractivity contribution in [3.63, 3.8) is 0 Å². The fourth-order valence-corrected chi connectivity index (χ4v) is 2.64. The lowest BCUT2D eigenvalue weighted by molar-refractivity contribution is -0.123. The van der Waals surface area contributed by atoms with E-state index in [1.54, 1.807) is 42.5 Å². The second-order valence-electron chi connectivity index (χ2n) is 6.02. The topological polar surface area (TPSA) is 85.6 Å². The second kappa shape index (κ2) is 7.63. The number of carbonyl (C=O) groups is 2. The molecule has 7 heteroatoms. The van der Waals surface area contributed by atoms with Crippen LogP contribution in [0.5, 0.6) is 0 Å². The number of nitrogens with one attached hydrogen (secondary N) is 1. The minimum absolute atomic E-state index is 0.265. The average Bonchev–Trinajstić information content (AvgIpc) is 2.62. The van der Waals surface area contributed by atoms with Crippen molar-refractivity contribution in [2.24, 2.45) is 0 Å². The molecule has 0 bridgehead atoms. The van der Waals surface area contributed by atoms with E-state index in [0.717, 1.165) is 11.6 Å². The van der Waals surface area contributed by atoms with E-state index in [0.29, 0.717) is 16.1 Å². The lowest BCUT2D eigenvalue weighted by Gasteiger charge is -2.13. The zero-order valence-electron chi connectivity index (χ0n) is 14.6. The van der Waals surface area contributed by atoms with Gasteiger partial charge in [-0.25, -0.2) is 4.79 Å². The van der Waals surface area contributed by atoms with E-state index in [1.807, 2.05) is 6.92 Å². The summed E-state index contributed by atoms with van der Waals surface area (Å²) < 4.78 is 10.6. The Morgan fingerprint density at radius 1 is 1.15 bits per heavy atom. The van der Waals surface area contributed by atoms with Crippen molar-refractivity contribution in [1.82, 2.24) is 0 Å². The number of amides is 1. The number of esters is 1. The van der Waals surface area contributed by atoms with Crippen molar-refractivity contribution in [2.75, 3.05) is 5.32 Å². The molecule has 3 rings (SSSR count). The molecular formula is C20H16ClNO5. The number of carbonyl (C=O) groups excluding carboxylic acids is 2. The molecule has 1 aromatic heterocycles. The summed E-state index contributed by atoms with van der Waals surface area (Å²) in [5.41, 5.74) is 1.29. The SMILES string of the molecule is Cc1ccc2oc(C(=O)O[C@H](C)C(=O)Nc3cccc(Cl)c3)cc(=O)c2c1. The minimum Gasteiger partial charge on any atom is -0.449 e. The molecule has 27 heavy (non-hydrogen) atoms. The molecule has 0 aliphatic rings. The van der Waals surface area contributed by atoms with Gasteiger partial charge in [0.15, 0.2) is 11.5 Å². The molecule has 6 nitrogen and oxygen atoms in total. The Labute approximate surface area is 159 Å². The summed E-state index contributed by atoms with van der Waals surface area (Å²) in [6.45, 7) is 3.27. The molecule has 0 aliphatic heterocycles. The van der Waals surface area contributed by atoms with Crippen molar-refractivity contribution in [2.45, 2.75) is 20.0 Å². The monoisotopic (exact) mass is 385 g/mol. The Kier molecular flexibility index (Phi) is 5.28. The van der Waals surface area contributed by atoms with Gasteiger partial charge in [-0.1, -0.05) is 29.3 Å². The molecule has 1 amide bonds. The number of benzene rings is 2. The van der Waals surface area contributed by atoms with Crippen LogP contribution in [0.1, 0.15) is 23.0 Å². The number of aryl methyl sites for hydroxylation is 1. The highest BCUT2D eigenvalue weighted by molar-refractivity contribution is 6.30. The quantitative estimate of drug-likeness (QED) is 0.687. The molecule has 0 fully saturated rings. The molecule has 138 valence electrons. The summed E-state index contributed by atoms with van der Waals surface area (Å²) in [4.78, 5) is 36.6. The van der Waals surface area contributed by atoms with Crippen molar-refractivity contribution in [3.05, 3.63) is 75.1 Å². The summed E-state index contributed by atoms with van der Waals surface area (Å²) in [7, 11) is 0. The third-order valence-corrected chi connectivity index (χ3v) is 4.06. The molecule has 0 unspecified atom stereocenters. The van der Waals surface area contributed by atoms with E-state index in [9.17, 15) is 14.4 Å². The lowest BCUT2D eigenvalue weighted by Crippen LogP contribution is -2.30. The Bertz CT molecular complexity index is 1090. The number of halogens is 1. The Hall–Kier alpha value is -3.12. The summed E-state index contributed by atoms with van der Waals surface area (Å²) >= 11 is 5.87. The van der Waals surface area contributed by atoms with E-state index in [2.05, 4.69) is 5.32 Å². The Morgan fingerprint density at radius 3 is 2.67 bits per heavy atom. The standard InChI is InChI=1S/C20H16ClNO5/c1-11-6-7-17-15(8-11)16(23)10-18(27-17)20(25)26-12(2)19(24)22-14-5-3-4-13(21)9-14/h3-10,12H,1-2H3,(H,22,24)/t12-/m1/s1. The first-order chi connectivity index (χ1) is 12.8. The van der Waals surface area contributed by atoms with Gasteiger partial charge in [-0.05, 0) is 44.2 Å². The maximum absolute atomic E-state index is 12.3. The van der Waals surface area contributed by atoms with E-state index in [1.165, 1.54) is 6.92 Å². The van der Waals surface area contributed by atoms with Crippen molar-refractivity contribution < 1.29 is 18.7 Å². The van der Waals surface area contributed by atoms with E-state index < -0.39 is 18.0 Å². The molecule has 0 radical (unpaired) electrons. The van der Waals surface area contributed by atoms with Gasteiger partial charge >= 0.3 is 5.97 Å². The molecule has 1 heterocycles. The van der Waals surface area contributed by atoms with E-state index >= 15 is 0 Å². The molecule has 0 aliphatic carbocycles. The molecule has 2 aromatic carbocycles. The van der Waals surface area contributed by atoms with Crippen molar-refractivity contribution >= 4 is 40.1 Å². The molecule has 0 saturated carbocycles. The summed E-state index contributed by atoms with van der Waals surface area (Å²) in [5, 5.41) is 3.43. The zero-order valence-corrected chi connectivity index (χ0v) is 15.4. The van der Waals surface area contributed by atoms with Gasteiger partial charge in [-0.2, -0.15) is 0 Å². The number of ether oxygens (including phenoxy) is 1. The third-order valence-electron chi connectivity index (χ3n) is 3.83. The van der Waals surface area contributed by atoms with Gasteiger partial charge < -0.3 is 14.5 Å². The Balaban J connectivity index is 1.74. The number of hydrogen-bond donors (Lipinski definition) is 1. The van der Waals surface area contributed by atoms with Crippen LogP contribution in [-0.2, 0) is 9.53 Å². The molecule has 3 aromatic rings. The van der Waals surface area contributed by atoms with Crippen LogP contribution < -0.4 is 10.7 Å². The highest BCUT2D eigenvalue weighted by Crippen LogP contribution is 2.17. The van der Waals surface area contributed by atoms with E-state index in [-0.39, 0.29) is 16.8 Å². The smallest absolute Gasteiger partial charge is 0.375 e. The summed E-state index contributed by atoms with van der Waals surface area (Å²) in [6, 6.07) is 12.7. The van der Waals surface area contributed by atoms with Gasteiger partial charge in [0.2, 0.25) is 5.76 Å². The first-order valence-corrected chi connectivity index (χ1v) is 8.53. The zero-order chi connectivity index (χ0) is 19.6. The average molecular weight is 386 g/mol. The molecule has 1 N–H and O–H groups in total. The fraction of sp³-hybridized carbons (Fsp3) is 0.150. The lowest BCUT2D eigenvalue weighted by atomic mass is 10.1. The maximum Gasteiger partial charge on any atom is 0.375 e. The van der Waals surface area contributed by atoms with Crippen LogP contribution >= 0.6 is 11.6 Å². The molecular weight excluding hydrogens is 370 g/mol. The van der Waals surface area contributed by atoms with Gasteiger partial charge in [-0.15, -0.1) is 0 Å². The van der Waals surface area contributed by atoms with Gasteiger partial charge in [0, 0.05) is 16.8 Å². The van der Waals surface area contributed by atoms with Crippen LogP contribution in [0, 0.1) is 6.92 Å². The fourth-order valence-electron chi connectivity index (χ4n) is 2.45. The minimum atomic E-state index is -1.10. The van der Waals surface area contributed by atoms with Crippen LogP contribution in [0.25, 0.3) is 11.0 Å². The Morgan fingerprint density at radius 2 is 1.93 bits per heavy atom. The van der Waals surface area contributed by atoms with Gasteiger partial charge in [0.25, 0.3) is 5.91 Å². The maximum atomic E-state index is 12.3. The number of rotatable bonds is 4. The summed E-state index contributed by atoms with van der Waals surface area (Å²) in [5.74, 6) is -1.70. The van der Waals surface area contributed by atoms with Crippen LogP contribution in [0.2, 0.25) is 5.02 Å². The van der Waals surface area contributed by atoms with E-state index in [4.69, 9.17) is 20.8 Å². The largest absolute Gasteiger partial charge is 0.449 e. The predicted octanol–water partition coefficient (Wildman–Crippen LogP) is 3.94. The van der Waals surface area contributed by atoms with Crippen LogP contribution in [0.15, 0.2) is 57.7 Å². The highest BCUT2D eigenvalue weighted by Gasteiger charge is 2.21. The number of anilines is 1.